The molecule has 3 heteroatoms. The largest absolute Gasteiger partial charge is 0.392 e. The molecule has 0 saturated heterocycles. The van der Waals surface area contributed by atoms with Gasteiger partial charge < -0.3 is 10.0 Å². The lowest BCUT2D eigenvalue weighted by Crippen LogP contribution is -2.30. The Morgan fingerprint density at radius 2 is 2.06 bits per heavy atom. The number of hydrogen-bond acceptors (Lipinski definition) is 3. The summed E-state index contributed by atoms with van der Waals surface area (Å²) in [7, 11) is 2.06. The van der Waals surface area contributed by atoms with Gasteiger partial charge in [-0.3, -0.25) is 4.98 Å². The molecule has 0 aliphatic carbocycles. The molecule has 0 aliphatic rings. The molecule has 0 amide bonds. The molecular weight excluding hydrogens is 200 g/mol. The monoisotopic (exact) mass is 222 g/mol. The standard InChI is InChI=1S/C13H22N2O/c1-10(2)7-11(3)15(4)13-8-14-6-5-12(13)9-16/h5-6,8,10-11,16H,7,9H2,1-4H3. The van der Waals surface area contributed by atoms with Gasteiger partial charge in [-0.05, 0) is 25.3 Å². The van der Waals surface area contributed by atoms with Crippen molar-refractivity contribution >= 4 is 5.69 Å². The van der Waals surface area contributed by atoms with Crippen LogP contribution in [0, 0.1) is 5.92 Å². The third-order valence-corrected chi connectivity index (χ3v) is 2.91. The highest BCUT2D eigenvalue weighted by Crippen LogP contribution is 2.22. The molecule has 0 spiro atoms. The molecule has 1 heterocycles. The van der Waals surface area contributed by atoms with E-state index >= 15 is 0 Å². The van der Waals surface area contributed by atoms with Crippen molar-refractivity contribution in [1.29, 1.82) is 0 Å². The van der Waals surface area contributed by atoms with Gasteiger partial charge >= 0.3 is 0 Å². The molecule has 0 bridgehead atoms. The summed E-state index contributed by atoms with van der Waals surface area (Å²) in [4.78, 5) is 6.32. The predicted octanol–water partition coefficient (Wildman–Crippen LogP) is 2.44. The zero-order valence-electron chi connectivity index (χ0n) is 10.6. The average Bonchev–Trinajstić information content (AvgIpc) is 2.27. The van der Waals surface area contributed by atoms with Crippen molar-refractivity contribution < 1.29 is 5.11 Å². The number of aliphatic hydroxyl groups is 1. The molecule has 1 aromatic heterocycles. The minimum atomic E-state index is 0.0661. The summed E-state index contributed by atoms with van der Waals surface area (Å²) in [6.45, 7) is 6.71. The fraction of sp³-hybridized carbons (Fsp3) is 0.615. The van der Waals surface area contributed by atoms with Crippen molar-refractivity contribution in [2.24, 2.45) is 5.92 Å². The second-order valence-electron chi connectivity index (χ2n) is 4.75. The van der Waals surface area contributed by atoms with Crippen LogP contribution < -0.4 is 4.90 Å². The number of rotatable bonds is 5. The lowest BCUT2D eigenvalue weighted by molar-refractivity contribution is 0.281. The van der Waals surface area contributed by atoms with Gasteiger partial charge in [-0.1, -0.05) is 13.8 Å². The highest BCUT2D eigenvalue weighted by molar-refractivity contribution is 5.51. The molecular formula is C13H22N2O. The van der Waals surface area contributed by atoms with Gasteiger partial charge in [0, 0.05) is 24.8 Å². The summed E-state index contributed by atoms with van der Waals surface area (Å²) in [5, 5.41) is 9.28. The van der Waals surface area contributed by atoms with E-state index in [4.69, 9.17) is 0 Å². The number of anilines is 1. The fourth-order valence-electron chi connectivity index (χ4n) is 1.94. The van der Waals surface area contributed by atoms with Gasteiger partial charge in [0.25, 0.3) is 0 Å². The first-order valence-corrected chi connectivity index (χ1v) is 5.82. The topological polar surface area (TPSA) is 36.4 Å². The van der Waals surface area contributed by atoms with E-state index in [0.29, 0.717) is 12.0 Å². The molecule has 1 aromatic rings. The van der Waals surface area contributed by atoms with Crippen molar-refractivity contribution in [3.8, 4) is 0 Å². The summed E-state index contributed by atoms with van der Waals surface area (Å²) >= 11 is 0. The van der Waals surface area contributed by atoms with Crippen LogP contribution in [0.4, 0.5) is 5.69 Å². The van der Waals surface area contributed by atoms with Gasteiger partial charge in [0.1, 0.15) is 0 Å². The van der Waals surface area contributed by atoms with Gasteiger partial charge in [-0.25, -0.2) is 0 Å². The third kappa shape index (κ3) is 3.20. The van der Waals surface area contributed by atoms with Crippen LogP contribution in [0.2, 0.25) is 0 Å². The Balaban J connectivity index is 2.82. The van der Waals surface area contributed by atoms with Crippen LogP contribution in [0.5, 0.6) is 0 Å². The fourth-order valence-corrected chi connectivity index (χ4v) is 1.94. The Morgan fingerprint density at radius 1 is 1.38 bits per heavy atom. The van der Waals surface area contributed by atoms with E-state index < -0.39 is 0 Å². The zero-order chi connectivity index (χ0) is 12.1. The maximum atomic E-state index is 9.28. The first kappa shape index (κ1) is 13.0. The molecule has 1 rings (SSSR count). The first-order valence-electron chi connectivity index (χ1n) is 5.82. The van der Waals surface area contributed by atoms with Crippen LogP contribution in [0.25, 0.3) is 0 Å². The van der Waals surface area contributed by atoms with Gasteiger partial charge in [-0.15, -0.1) is 0 Å². The molecule has 1 N–H and O–H groups in total. The Morgan fingerprint density at radius 3 is 2.62 bits per heavy atom. The number of aromatic nitrogens is 1. The molecule has 90 valence electrons. The van der Waals surface area contributed by atoms with E-state index in [-0.39, 0.29) is 6.61 Å². The zero-order valence-corrected chi connectivity index (χ0v) is 10.6. The molecule has 1 unspecified atom stereocenters. The Hall–Kier alpha value is -1.09. The summed E-state index contributed by atoms with van der Waals surface area (Å²) in [6.07, 6.45) is 4.68. The molecule has 0 aliphatic heterocycles. The molecule has 16 heavy (non-hydrogen) atoms. The summed E-state index contributed by atoms with van der Waals surface area (Å²) < 4.78 is 0. The van der Waals surface area contributed by atoms with E-state index in [2.05, 4.69) is 37.7 Å². The SMILES string of the molecule is CC(C)CC(C)N(C)c1cnccc1CO. The number of pyridine rings is 1. The number of aliphatic hydroxyl groups excluding tert-OH is 1. The van der Waals surface area contributed by atoms with Crippen molar-refractivity contribution in [1.82, 2.24) is 4.98 Å². The van der Waals surface area contributed by atoms with Crippen LogP contribution in [0.3, 0.4) is 0 Å². The van der Waals surface area contributed by atoms with Gasteiger partial charge in [0.05, 0.1) is 18.5 Å². The Bertz CT molecular complexity index is 325. The molecule has 0 fully saturated rings. The normalized spacial score (nSPS) is 12.9. The smallest absolute Gasteiger partial charge is 0.0703 e. The predicted molar refractivity (Wildman–Crippen MR) is 67.5 cm³/mol. The van der Waals surface area contributed by atoms with E-state index in [1.165, 1.54) is 0 Å². The van der Waals surface area contributed by atoms with Crippen LogP contribution in [0.1, 0.15) is 32.8 Å². The average molecular weight is 222 g/mol. The molecule has 0 aromatic carbocycles. The van der Waals surface area contributed by atoms with Gasteiger partial charge in [0.15, 0.2) is 0 Å². The van der Waals surface area contributed by atoms with Gasteiger partial charge in [0.2, 0.25) is 0 Å². The van der Waals surface area contributed by atoms with Crippen LogP contribution >= 0.6 is 0 Å². The lowest BCUT2D eigenvalue weighted by atomic mass is 10.0. The second kappa shape index (κ2) is 5.85. The van der Waals surface area contributed by atoms with Crippen molar-refractivity contribution in [3.05, 3.63) is 24.0 Å². The highest BCUT2D eigenvalue weighted by atomic mass is 16.3. The van der Waals surface area contributed by atoms with E-state index in [1.807, 2.05) is 12.3 Å². The molecule has 3 nitrogen and oxygen atoms in total. The minimum Gasteiger partial charge on any atom is -0.392 e. The first-order chi connectivity index (χ1) is 7.56. The van der Waals surface area contributed by atoms with Crippen molar-refractivity contribution in [3.63, 3.8) is 0 Å². The van der Waals surface area contributed by atoms with E-state index in [1.54, 1.807) is 6.20 Å². The van der Waals surface area contributed by atoms with Crippen molar-refractivity contribution in [2.75, 3.05) is 11.9 Å². The van der Waals surface area contributed by atoms with E-state index in [0.717, 1.165) is 17.7 Å². The molecule has 0 radical (unpaired) electrons. The Kier molecular flexibility index (Phi) is 4.74. The summed E-state index contributed by atoms with van der Waals surface area (Å²) in [5.41, 5.74) is 1.96. The summed E-state index contributed by atoms with van der Waals surface area (Å²) in [5.74, 6) is 0.673. The summed E-state index contributed by atoms with van der Waals surface area (Å²) in [6, 6.07) is 2.32. The third-order valence-electron chi connectivity index (χ3n) is 2.91. The quantitative estimate of drug-likeness (QED) is 0.831. The van der Waals surface area contributed by atoms with E-state index in [9.17, 15) is 5.11 Å². The minimum absolute atomic E-state index is 0.0661. The number of nitrogens with zero attached hydrogens (tertiary/aromatic N) is 2. The lowest BCUT2D eigenvalue weighted by Gasteiger charge is -2.29. The number of hydrogen-bond donors (Lipinski definition) is 1. The molecule has 0 saturated carbocycles. The highest BCUT2D eigenvalue weighted by Gasteiger charge is 2.14. The Labute approximate surface area is 98.1 Å². The maximum absolute atomic E-state index is 9.28. The maximum Gasteiger partial charge on any atom is 0.0703 e. The van der Waals surface area contributed by atoms with Crippen LogP contribution in [-0.2, 0) is 6.61 Å². The van der Waals surface area contributed by atoms with Crippen molar-refractivity contribution in [2.45, 2.75) is 39.8 Å². The van der Waals surface area contributed by atoms with Crippen LogP contribution in [0.15, 0.2) is 18.5 Å². The second-order valence-corrected chi connectivity index (χ2v) is 4.75. The van der Waals surface area contributed by atoms with Gasteiger partial charge in [-0.2, -0.15) is 0 Å². The molecule has 1 atom stereocenters. The van der Waals surface area contributed by atoms with Crippen LogP contribution in [-0.4, -0.2) is 23.2 Å².